The van der Waals surface area contributed by atoms with Gasteiger partial charge in [-0.2, -0.15) is 0 Å². The van der Waals surface area contributed by atoms with Gasteiger partial charge in [0.2, 0.25) is 0 Å². The Balaban J connectivity index is 1.98. The number of hydrogen-bond acceptors (Lipinski definition) is 3. The first-order valence-electron chi connectivity index (χ1n) is 5.71. The van der Waals surface area contributed by atoms with Crippen molar-refractivity contribution in [3.05, 3.63) is 22.4 Å². The molecule has 0 saturated carbocycles. The molecule has 1 fully saturated rings. The number of halogens is 2. The quantitative estimate of drug-likeness (QED) is 0.863. The highest BCUT2D eigenvalue weighted by molar-refractivity contribution is 9.10. The van der Waals surface area contributed by atoms with Gasteiger partial charge in [0.15, 0.2) is 0 Å². The van der Waals surface area contributed by atoms with Gasteiger partial charge in [0.05, 0.1) is 22.0 Å². The summed E-state index contributed by atoms with van der Waals surface area (Å²) >= 11 is 3.24. The smallest absolute Gasteiger partial charge is 0.139 e. The van der Waals surface area contributed by atoms with Crippen molar-refractivity contribution in [3.8, 4) is 0 Å². The molecule has 3 nitrogen and oxygen atoms in total. The summed E-state index contributed by atoms with van der Waals surface area (Å²) in [6.45, 7) is 1.74. The lowest BCUT2D eigenvalue weighted by atomic mass is 10.1. The van der Waals surface area contributed by atoms with Crippen LogP contribution in [0.5, 0.6) is 0 Å². The minimum Gasteiger partial charge on any atom is -0.381 e. The summed E-state index contributed by atoms with van der Waals surface area (Å²) in [7, 11) is 1.75. The number of rotatable bonds is 1. The maximum atomic E-state index is 13.5. The number of ether oxygens (including phenoxy) is 1. The van der Waals surface area contributed by atoms with Crippen LogP contribution in [-0.2, 0) is 4.74 Å². The fraction of sp³-hybridized carbons (Fsp3) is 0.500. The van der Waals surface area contributed by atoms with E-state index in [1.54, 1.807) is 13.2 Å². The van der Waals surface area contributed by atoms with Crippen molar-refractivity contribution >= 4 is 27.3 Å². The van der Waals surface area contributed by atoms with Gasteiger partial charge in [-0.25, -0.2) is 4.39 Å². The largest absolute Gasteiger partial charge is 0.381 e. The summed E-state index contributed by atoms with van der Waals surface area (Å²) in [5, 5.41) is 3.29. The van der Waals surface area contributed by atoms with E-state index in [-0.39, 0.29) is 11.9 Å². The van der Waals surface area contributed by atoms with Crippen molar-refractivity contribution in [2.45, 2.75) is 18.6 Å². The third-order valence-corrected chi connectivity index (χ3v) is 4.19. The average molecular weight is 301 g/mol. The normalized spacial score (nSPS) is 26.4. The summed E-state index contributed by atoms with van der Waals surface area (Å²) in [5.41, 5.74) is 1.94. The number of anilines is 2. The Morgan fingerprint density at radius 2 is 2.35 bits per heavy atom. The zero-order valence-electron chi connectivity index (χ0n) is 9.54. The van der Waals surface area contributed by atoms with Gasteiger partial charge < -0.3 is 15.0 Å². The first-order valence-corrected chi connectivity index (χ1v) is 6.50. The van der Waals surface area contributed by atoms with E-state index < -0.39 is 0 Å². The molecule has 1 aromatic rings. The molecule has 2 aliphatic rings. The third kappa shape index (κ3) is 1.81. The van der Waals surface area contributed by atoms with E-state index in [2.05, 4.69) is 26.1 Å². The molecule has 0 unspecified atom stereocenters. The van der Waals surface area contributed by atoms with E-state index >= 15 is 0 Å². The van der Waals surface area contributed by atoms with E-state index in [1.165, 1.54) is 0 Å². The van der Waals surface area contributed by atoms with Crippen LogP contribution in [0.1, 0.15) is 6.42 Å². The van der Waals surface area contributed by atoms with Crippen LogP contribution in [0.15, 0.2) is 16.6 Å². The minimum absolute atomic E-state index is 0.225. The molecule has 0 radical (unpaired) electrons. The summed E-state index contributed by atoms with van der Waals surface area (Å²) in [4.78, 5) is 2.31. The van der Waals surface area contributed by atoms with Gasteiger partial charge in [-0.15, -0.1) is 0 Å². The van der Waals surface area contributed by atoms with Gasteiger partial charge in [0, 0.05) is 32.3 Å². The predicted molar refractivity (Wildman–Crippen MR) is 69.1 cm³/mol. The fourth-order valence-electron chi connectivity index (χ4n) is 2.68. The number of nitrogens with one attached hydrogen (secondary N) is 1. The van der Waals surface area contributed by atoms with Crippen LogP contribution < -0.4 is 10.2 Å². The number of hydrogen-bond donors (Lipinski definition) is 1. The van der Waals surface area contributed by atoms with Crippen molar-refractivity contribution < 1.29 is 9.13 Å². The van der Waals surface area contributed by atoms with Crippen LogP contribution in [0.25, 0.3) is 0 Å². The first kappa shape index (κ1) is 11.3. The lowest BCUT2D eigenvalue weighted by molar-refractivity contribution is 0.118. The van der Waals surface area contributed by atoms with Crippen LogP contribution in [0.2, 0.25) is 0 Å². The number of fused-ring (bicyclic) bond motifs is 3. The molecule has 5 heteroatoms. The van der Waals surface area contributed by atoms with Crippen LogP contribution in [0.4, 0.5) is 15.8 Å². The monoisotopic (exact) mass is 300 g/mol. The molecule has 1 N–H and O–H groups in total. The maximum absolute atomic E-state index is 13.5. The van der Waals surface area contributed by atoms with Crippen molar-refractivity contribution in [1.82, 2.24) is 0 Å². The number of benzene rings is 1. The Kier molecular flexibility index (Phi) is 2.75. The van der Waals surface area contributed by atoms with Gasteiger partial charge in [0.25, 0.3) is 0 Å². The van der Waals surface area contributed by atoms with Crippen LogP contribution in [0.3, 0.4) is 0 Å². The summed E-state index contributed by atoms with van der Waals surface area (Å²) in [5.74, 6) is -0.225. The molecular weight excluding hydrogens is 287 g/mol. The van der Waals surface area contributed by atoms with E-state index in [4.69, 9.17) is 4.74 Å². The number of methoxy groups -OCH3 is 1. The Morgan fingerprint density at radius 1 is 1.53 bits per heavy atom. The molecule has 0 aliphatic carbocycles. The highest BCUT2D eigenvalue weighted by Gasteiger charge is 2.36. The van der Waals surface area contributed by atoms with Gasteiger partial charge in [-0.05, 0) is 28.4 Å². The van der Waals surface area contributed by atoms with E-state index in [1.807, 2.05) is 6.07 Å². The highest BCUT2D eigenvalue weighted by atomic mass is 79.9. The second-order valence-electron chi connectivity index (χ2n) is 4.56. The van der Waals surface area contributed by atoms with Crippen molar-refractivity contribution in [3.63, 3.8) is 0 Å². The van der Waals surface area contributed by atoms with E-state index in [0.29, 0.717) is 10.5 Å². The molecule has 0 aromatic heterocycles. The van der Waals surface area contributed by atoms with E-state index in [9.17, 15) is 4.39 Å². The average Bonchev–Trinajstić information content (AvgIpc) is 2.74. The number of nitrogens with zero attached hydrogens (tertiary/aromatic N) is 1. The molecule has 1 saturated heterocycles. The van der Waals surface area contributed by atoms with Crippen molar-refractivity contribution in [2.24, 2.45) is 0 Å². The topological polar surface area (TPSA) is 24.5 Å². The lowest BCUT2D eigenvalue weighted by Gasteiger charge is -2.34. The molecule has 92 valence electrons. The zero-order chi connectivity index (χ0) is 12.0. The lowest BCUT2D eigenvalue weighted by Crippen LogP contribution is -2.39. The van der Waals surface area contributed by atoms with E-state index in [0.717, 1.165) is 30.9 Å². The molecule has 0 spiro atoms. The molecule has 2 atom stereocenters. The molecule has 2 heterocycles. The summed E-state index contributed by atoms with van der Waals surface area (Å²) < 4.78 is 19.4. The fourth-order valence-corrected chi connectivity index (χ4v) is 3.01. The predicted octanol–water partition coefficient (Wildman–Crippen LogP) is 2.61. The Labute approximate surface area is 108 Å². The second kappa shape index (κ2) is 4.14. The molecular formula is C12H14BrFN2O. The SMILES string of the molecule is CO[C@H]1C[C@H]2CNc3cc(F)c(Br)cc3N2C1. The van der Waals surface area contributed by atoms with Gasteiger partial charge >= 0.3 is 0 Å². The molecule has 1 aromatic carbocycles. The standard InChI is InChI=1S/C12H14BrFN2O/c1-17-8-2-7-5-15-11-4-10(14)9(13)3-12(11)16(7)6-8/h3-4,7-8,15H,2,5-6H2,1H3/t7-,8-/m0/s1. The first-order chi connectivity index (χ1) is 8.19. The van der Waals surface area contributed by atoms with Gasteiger partial charge in [0.1, 0.15) is 5.82 Å². The zero-order valence-corrected chi connectivity index (χ0v) is 11.1. The van der Waals surface area contributed by atoms with Crippen LogP contribution in [-0.4, -0.2) is 32.3 Å². The molecule has 0 bridgehead atoms. The Bertz CT molecular complexity index is 454. The maximum Gasteiger partial charge on any atom is 0.139 e. The third-order valence-electron chi connectivity index (χ3n) is 3.59. The second-order valence-corrected chi connectivity index (χ2v) is 5.42. The van der Waals surface area contributed by atoms with Crippen molar-refractivity contribution in [2.75, 3.05) is 30.4 Å². The van der Waals surface area contributed by atoms with Crippen LogP contribution in [0, 0.1) is 5.82 Å². The van der Waals surface area contributed by atoms with Crippen molar-refractivity contribution in [1.29, 1.82) is 0 Å². The molecule has 3 rings (SSSR count). The van der Waals surface area contributed by atoms with Crippen LogP contribution >= 0.6 is 15.9 Å². The Morgan fingerprint density at radius 3 is 3.12 bits per heavy atom. The summed E-state index contributed by atoms with van der Waals surface area (Å²) in [6, 6.07) is 3.85. The van der Waals surface area contributed by atoms with Gasteiger partial charge in [-0.3, -0.25) is 0 Å². The molecule has 2 aliphatic heterocycles. The minimum atomic E-state index is -0.225. The summed E-state index contributed by atoms with van der Waals surface area (Å²) in [6.07, 6.45) is 1.30. The highest BCUT2D eigenvalue weighted by Crippen LogP contribution is 2.39. The molecule has 0 amide bonds. The van der Waals surface area contributed by atoms with Gasteiger partial charge in [-0.1, -0.05) is 0 Å². The molecule has 17 heavy (non-hydrogen) atoms. The Hall–Kier alpha value is -0.810.